The minimum Gasteiger partial charge on any atom is -0.493 e. The van der Waals surface area contributed by atoms with E-state index in [1.807, 2.05) is 45.0 Å². The van der Waals surface area contributed by atoms with E-state index in [0.29, 0.717) is 23.0 Å². The van der Waals surface area contributed by atoms with E-state index >= 15 is 0 Å². The lowest BCUT2D eigenvalue weighted by Crippen LogP contribution is -2.45. The molecular weight excluding hydrogens is 348 g/mol. The maximum Gasteiger partial charge on any atom is 0.338 e. The zero-order valence-corrected chi connectivity index (χ0v) is 16.7. The first-order valence-electron chi connectivity index (χ1n) is 9.15. The van der Waals surface area contributed by atoms with Gasteiger partial charge in [-0.3, -0.25) is 0 Å². The van der Waals surface area contributed by atoms with Gasteiger partial charge in [0, 0.05) is 11.3 Å². The predicted octanol–water partition coefficient (Wildman–Crippen LogP) is 4.00. The number of nitrogens with one attached hydrogen (secondary N) is 2. The molecule has 0 amide bonds. The number of allylic oxidation sites excluding steroid dienone is 1. The number of unbranched alkanes of at least 4 members (excludes halogenated alkanes) is 2. The Morgan fingerprint density at radius 1 is 1.27 bits per heavy atom. The second-order valence-electron chi connectivity index (χ2n) is 6.62. The third-order valence-corrected chi connectivity index (χ3v) is 4.29. The highest BCUT2D eigenvalue weighted by molar-refractivity contribution is 7.80. The van der Waals surface area contributed by atoms with Crippen molar-refractivity contribution in [3.63, 3.8) is 0 Å². The van der Waals surface area contributed by atoms with E-state index in [4.69, 9.17) is 21.7 Å². The standard InChI is InChI=1S/C20H28N2O3S/c1-5-6-9-12-24-16-11-8-7-10-15(16)18-17(19(23)25-13(2)3)14(4)21-20(26)22-18/h7-8,10-11,13,18H,5-6,9,12H2,1-4H3,(H2,21,22,26). The quantitative estimate of drug-likeness (QED) is 0.406. The van der Waals surface area contributed by atoms with Crippen molar-refractivity contribution in [2.24, 2.45) is 0 Å². The molecule has 0 saturated heterocycles. The summed E-state index contributed by atoms with van der Waals surface area (Å²) < 4.78 is 11.4. The molecule has 0 fully saturated rings. The molecule has 5 nitrogen and oxygen atoms in total. The van der Waals surface area contributed by atoms with Gasteiger partial charge in [-0.25, -0.2) is 4.79 Å². The van der Waals surface area contributed by atoms with Gasteiger partial charge in [0.2, 0.25) is 0 Å². The number of para-hydroxylation sites is 1. The fourth-order valence-corrected chi connectivity index (χ4v) is 3.13. The summed E-state index contributed by atoms with van der Waals surface area (Å²) >= 11 is 5.30. The number of benzene rings is 1. The summed E-state index contributed by atoms with van der Waals surface area (Å²) in [5.74, 6) is 0.402. The van der Waals surface area contributed by atoms with E-state index in [0.717, 1.165) is 30.6 Å². The number of esters is 1. The largest absolute Gasteiger partial charge is 0.493 e. The first kappa shape index (κ1) is 20.2. The Morgan fingerprint density at radius 3 is 2.69 bits per heavy atom. The van der Waals surface area contributed by atoms with Crippen LogP contribution in [0.25, 0.3) is 0 Å². The molecule has 26 heavy (non-hydrogen) atoms. The number of carbonyl (C=O) groups is 1. The van der Waals surface area contributed by atoms with Gasteiger partial charge in [-0.15, -0.1) is 0 Å². The zero-order valence-electron chi connectivity index (χ0n) is 15.9. The zero-order chi connectivity index (χ0) is 19.1. The fraction of sp³-hybridized carbons (Fsp3) is 0.500. The number of ether oxygens (including phenoxy) is 2. The van der Waals surface area contributed by atoms with E-state index < -0.39 is 6.04 Å². The third kappa shape index (κ3) is 5.21. The summed E-state index contributed by atoms with van der Waals surface area (Å²) in [6.07, 6.45) is 3.07. The monoisotopic (exact) mass is 376 g/mol. The van der Waals surface area contributed by atoms with E-state index in [9.17, 15) is 4.79 Å². The summed E-state index contributed by atoms with van der Waals surface area (Å²) in [6.45, 7) is 8.31. The molecule has 1 aromatic carbocycles. The van der Waals surface area contributed by atoms with Gasteiger partial charge < -0.3 is 20.1 Å². The molecule has 2 N–H and O–H groups in total. The van der Waals surface area contributed by atoms with Crippen molar-refractivity contribution in [2.75, 3.05) is 6.61 Å². The topological polar surface area (TPSA) is 59.6 Å². The Labute approximate surface area is 161 Å². The van der Waals surface area contributed by atoms with Crippen molar-refractivity contribution in [3.8, 4) is 5.75 Å². The van der Waals surface area contributed by atoms with Crippen molar-refractivity contribution in [1.82, 2.24) is 10.6 Å². The second-order valence-corrected chi connectivity index (χ2v) is 7.03. The van der Waals surface area contributed by atoms with Crippen LogP contribution in [-0.4, -0.2) is 23.8 Å². The molecule has 1 heterocycles. The lowest BCUT2D eigenvalue weighted by molar-refractivity contribution is -0.143. The first-order chi connectivity index (χ1) is 12.4. The summed E-state index contributed by atoms with van der Waals surface area (Å²) in [5.41, 5.74) is 2.10. The second kappa shape index (κ2) is 9.57. The van der Waals surface area contributed by atoms with Crippen LogP contribution in [0.1, 0.15) is 58.6 Å². The van der Waals surface area contributed by atoms with E-state index in [-0.39, 0.29) is 12.1 Å². The lowest BCUT2D eigenvalue weighted by atomic mass is 9.95. The number of hydrogen-bond acceptors (Lipinski definition) is 4. The minimum atomic E-state index is -0.405. The highest BCUT2D eigenvalue weighted by atomic mass is 32.1. The van der Waals surface area contributed by atoms with Crippen molar-refractivity contribution in [2.45, 2.75) is 59.1 Å². The Morgan fingerprint density at radius 2 is 2.00 bits per heavy atom. The van der Waals surface area contributed by atoms with Crippen molar-refractivity contribution in [3.05, 3.63) is 41.1 Å². The third-order valence-electron chi connectivity index (χ3n) is 4.07. The summed E-state index contributed by atoms with van der Waals surface area (Å²) in [6, 6.07) is 7.34. The average Bonchev–Trinajstić information content (AvgIpc) is 2.57. The molecule has 0 aromatic heterocycles. The van der Waals surface area contributed by atoms with Crippen LogP contribution >= 0.6 is 12.2 Å². The van der Waals surface area contributed by atoms with Gasteiger partial charge in [-0.1, -0.05) is 38.0 Å². The molecule has 0 spiro atoms. The van der Waals surface area contributed by atoms with Crippen LogP contribution in [0.5, 0.6) is 5.75 Å². The normalized spacial score (nSPS) is 17.0. The molecule has 142 valence electrons. The van der Waals surface area contributed by atoms with Crippen LogP contribution in [0.2, 0.25) is 0 Å². The van der Waals surface area contributed by atoms with Crippen molar-refractivity contribution in [1.29, 1.82) is 0 Å². The molecule has 0 aliphatic carbocycles. The molecule has 1 atom stereocenters. The van der Waals surface area contributed by atoms with Gasteiger partial charge in [0.15, 0.2) is 5.11 Å². The number of carbonyl (C=O) groups excluding carboxylic acids is 1. The van der Waals surface area contributed by atoms with E-state index in [1.165, 1.54) is 0 Å². The summed E-state index contributed by atoms with van der Waals surface area (Å²) in [4.78, 5) is 12.7. The molecule has 2 rings (SSSR count). The Balaban J connectivity index is 2.33. The molecule has 6 heteroatoms. The predicted molar refractivity (Wildman–Crippen MR) is 107 cm³/mol. The maximum atomic E-state index is 12.7. The molecule has 1 aliphatic rings. The SMILES string of the molecule is CCCCCOc1ccccc1C1NC(=S)NC(C)=C1C(=O)OC(C)C. The number of hydrogen-bond donors (Lipinski definition) is 2. The van der Waals surface area contributed by atoms with Gasteiger partial charge in [-0.2, -0.15) is 0 Å². The van der Waals surface area contributed by atoms with Crippen molar-refractivity contribution < 1.29 is 14.3 Å². The Kier molecular flexibility index (Phi) is 7.45. The summed E-state index contributed by atoms with van der Waals surface area (Å²) in [5, 5.41) is 6.69. The fourth-order valence-electron chi connectivity index (χ4n) is 2.86. The lowest BCUT2D eigenvalue weighted by Gasteiger charge is -2.31. The van der Waals surface area contributed by atoms with E-state index in [1.54, 1.807) is 0 Å². The first-order valence-corrected chi connectivity index (χ1v) is 9.55. The molecule has 1 aliphatic heterocycles. The van der Waals surface area contributed by atoms with Gasteiger partial charge in [-0.05, 0) is 45.5 Å². The van der Waals surface area contributed by atoms with Crippen LogP contribution < -0.4 is 15.4 Å². The van der Waals surface area contributed by atoms with Crippen LogP contribution in [0.4, 0.5) is 0 Å². The highest BCUT2D eigenvalue weighted by Crippen LogP contribution is 2.33. The molecule has 0 saturated carbocycles. The van der Waals surface area contributed by atoms with Crippen LogP contribution in [0, 0.1) is 0 Å². The summed E-state index contributed by atoms with van der Waals surface area (Å²) in [7, 11) is 0. The van der Waals surface area contributed by atoms with Gasteiger partial charge >= 0.3 is 5.97 Å². The highest BCUT2D eigenvalue weighted by Gasteiger charge is 2.33. The maximum absolute atomic E-state index is 12.7. The molecule has 1 aromatic rings. The van der Waals surface area contributed by atoms with Crippen LogP contribution in [0.3, 0.4) is 0 Å². The number of rotatable bonds is 8. The van der Waals surface area contributed by atoms with Gasteiger partial charge in [0.1, 0.15) is 5.75 Å². The molecular formula is C20H28N2O3S. The van der Waals surface area contributed by atoms with Crippen LogP contribution in [-0.2, 0) is 9.53 Å². The van der Waals surface area contributed by atoms with Crippen molar-refractivity contribution >= 4 is 23.3 Å². The minimum absolute atomic E-state index is 0.196. The Hall–Kier alpha value is -2.08. The molecule has 1 unspecified atom stereocenters. The number of thiocarbonyl (C=S) groups is 1. The van der Waals surface area contributed by atoms with Gasteiger partial charge in [0.25, 0.3) is 0 Å². The molecule has 0 radical (unpaired) electrons. The van der Waals surface area contributed by atoms with E-state index in [2.05, 4.69) is 17.6 Å². The van der Waals surface area contributed by atoms with Gasteiger partial charge in [0.05, 0.1) is 24.3 Å². The Bertz CT molecular complexity index is 685. The smallest absolute Gasteiger partial charge is 0.338 e. The molecule has 0 bridgehead atoms. The van der Waals surface area contributed by atoms with Crippen LogP contribution in [0.15, 0.2) is 35.5 Å². The average molecular weight is 377 g/mol.